The van der Waals surface area contributed by atoms with Crippen LogP contribution >= 0.6 is 0 Å². The number of fused-ring (bicyclic) bond motifs is 1. The van der Waals surface area contributed by atoms with Crippen LogP contribution in [0.1, 0.15) is 22.6 Å². The first-order valence-corrected chi connectivity index (χ1v) is 7.51. The second-order valence-electron chi connectivity index (χ2n) is 5.69. The molecule has 1 heteroatoms. The summed E-state index contributed by atoms with van der Waals surface area (Å²) < 4.78 is 0. The molecule has 3 aromatic rings. The second kappa shape index (κ2) is 6.11. The summed E-state index contributed by atoms with van der Waals surface area (Å²) in [5.74, 6) is 0.371. The predicted molar refractivity (Wildman–Crippen MR) is 90.6 cm³/mol. The lowest BCUT2D eigenvalue weighted by molar-refractivity contribution is 0.696. The topological polar surface area (TPSA) is 26.0 Å². The highest BCUT2D eigenvalue weighted by molar-refractivity contribution is 5.85. The van der Waals surface area contributed by atoms with Gasteiger partial charge in [0.1, 0.15) is 0 Å². The van der Waals surface area contributed by atoms with Gasteiger partial charge in [-0.3, -0.25) is 0 Å². The van der Waals surface area contributed by atoms with E-state index in [1.165, 1.54) is 27.5 Å². The molecule has 3 aromatic carbocycles. The van der Waals surface area contributed by atoms with Crippen LogP contribution in [0.5, 0.6) is 0 Å². The zero-order chi connectivity index (χ0) is 14.7. The third-order valence-electron chi connectivity index (χ3n) is 4.14. The van der Waals surface area contributed by atoms with Crippen molar-refractivity contribution in [3.8, 4) is 0 Å². The van der Waals surface area contributed by atoms with E-state index < -0.39 is 0 Å². The van der Waals surface area contributed by atoms with E-state index in [1.807, 2.05) is 0 Å². The molecule has 2 N–H and O–H groups in total. The Morgan fingerprint density at radius 3 is 2.48 bits per heavy atom. The molecule has 0 amide bonds. The summed E-state index contributed by atoms with van der Waals surface area (Å²) in [6.07, 6.45) is 0.987. The van der Waals surface area contributed by atoms with Gasteiger partial charge in [0.15, 0.2) is 0 Å². The number of nitrogens with two attached hydrogens (primary N) is 1. The van der Waals surface area contributed by atoms with E-state index in [0.717, 1.165) is 6.42 Å². The Bertz CT molecular complexity index is 740. The highest BCUT2D eigenvalue weighted by atomic mass is 14.5. The Balaban J connectivity index is 1.96. The number of hydrogen-bond donors (Lipinski definition) is 1. The Morgan fingerprint density at radius 1 is 0.905 bits per heavy atom. The predicted octanol–water partition coefficient (Wildman–Crippen LogP) is 4.43. The lowest BCUT2D eigenvalue weighted by Crippen LogP contribution is -2.15. The van der Waals surface area contributed by atoms with E-state index in [0.29, 0.717) is 12.5 Å². The van der Waals surface area contributed by atoms with Gasteiger partial charge in [0.05, 0.1) is 0 Å². The van der Waals surface area contributed by atoms with Gasteiger partial charge in [-0.15, -0.1) is 0 Å². The van der Waals surface area contributed by atoms with Crippen LogP contribution in [0.15, 0.2) is 66.7 Å². The van der Waals surface area contributed by atoms with Gasteiger partial charge in [-0.25, -0.2) is 0 Å². The molecule has 0 aliphatic carbocycles. The van der Waals surface area contributed by atoms with E-state index >= 15 is 0 Å². The minimum atomic E-state index is 0.371. The number of aryl methyl sites for hydroxylation is 1. The third-order valence-corrected chi connectivity index (χ3v) is 4.14. The second-order valence-corrected chi connectivity index (χ2v) is 5.69. The molecular formula is C20H21N. The van der Waals surface area contributed by atoms with Gasteiger partial charge >= 0.3 is 0 Å². The largest absolute Gasteiger partial charge is 0.330 e. The first kappa shape index (κ1) is 13.8. The highest BCUT2D eigenvalue weighted by Crippen LogP contribution is 2.26. The van der Waals surface area contributed by atoms with Gasteiger partial charge in [-0.05, 0) is 41.8 Å². The molecule has 0 saturated heterocycles. The average Bonchev–Trinajstić information content (AvgIpc) is 2.52. The van der Waals surface area contributed by atoms with Gasteiger partial charge in [-0.1, -0.05) is 72.3 Å². The lowest BCUT2D eigenvalue weighted by atomic mass is 9.89. The normalized spacial score (nSPS) is 12.5. The summed E-state index contributed by atoms with van der Waals surface area (Å²) in [4.78, 5) is 0. The zero-order valence-electron chi connectivity index (χ0n) is 12.4. The van der Waals surface area contributed by atoms with Crippen LogP contribution in [-0.2, 0) is 6.42 Å². The lowest BCUT2D eigenvalue weighted by Gasteiger charge is -2.17. The van der Waals surface area contributed by atoms with Gasteiger partial charge in [0.2, 0.25) is 0 Å². The maximum atomic E-state index is 6.05. The van der Waals surface area contributed by atoms with Crippen molar-refractivity contribution in [3.05, 3.63) is 83.4 Å². The van der Waals surface area contributed by atoms with Crippen LogP contribution in [0, 0.1) is 6.92 Å². The summed E-state index contributed by atoms with van der Waals surface area (Å²) in [5, 5.41) is 2.64. The van der Waals surface area contributed by atoms with E-state index in [4.69, 9.17) is 5.73 Å². The number of hydrogen-bond acceptors (Lipinski definition) is 1. The minimum absolute atomic E-state index is 0.371. The molecule has 0 aromatic heterocycles. The van der Waals surface area contributed by atoms with Crippen LogP contribution in [0.2, 0.25) is 0 Å². The van der Waals surface area contributed by atoms with Gasteiger partial charge in [0, 0.05) is 5.92 Å². The van der Waals surface area contributed by atoms with Crippen LogP contribution in [0.25, 0.3) is 10.8 Å². The molecule has 0 radical (unpaired) electrons. The summed E-state index contributed by atoms with van der Waals surface area (Å²) >= 11 is 0. The fraction of sp³-hybridized carbons (Fsp3) is 0.200. The summed E-state index contributed by atoms with van der Waals surface area (Å²) in [5.41, 5.74) is 10.1. The summed E-state index contributed by atoms with van der Waals surface area (Å²) in [6, 6.07) is 23.8. The quantitative estimate of drug-likeness (QED) is 0.748. The van der Waals surface area contributed by atoms with Crippen molar-refractivity contribution in [1.82, 2.24) is 0 Å². The van der Waals surface area contributed by atoms with Crippen LogP contribution in [0.3, 0.4) is 0 Å². The monoisotopic (exact) mass is 275 g/mol. The number of rotatable bonds is 4. The molecule has 21 heavy (non-hydrogen) atoms. The molecule has 0 fully saturated rings. The number of benzene rings is 3. The molecule has 1 unspecified atom stereocenters. The van der Waals surface area contributed by atoms with Gasteiger partial charge < -0.3 is 5.73 Å². The molecule has 1 nitrogen and oxygen atoms in total. The van der Waals surface area contributed by atoms with Gasteiger partial charge in [-0.2, -0.15) is 0 Å². The highest BCUT2D eigenvalue weighted by Gasteiger charge is 2.12. The van der Waals surface area contributed by atoms with Crippen molar-refractivity contribution in [2.75, 3.05) is 6.54 Å². The molecule has 1 atom stereocenters. The Hall–Kier alpha value is -2.12. The first-order chi connectivity index (χ1) is 10.3. The van der Waals surface area contributed by atoms with Crippen molar-refractivity contribution >= 4 is 10.8 Å². The van der Waals surface area contributed by atoms with E-state index in [-0.39, 0.29) is 0 Å². The van der Waals surface area contributed by atoms with E-state index in [2.05, 4.69) is 73.7 Å². The minimum Gasteiger partial charge on any atom is -0.330 e. The van der Waals surface area contributed by atoms with Gasteiger partial charge in [0.25, 0.3) is 0 Å². The molecule has 0 aliphatic heterocycles. The fourth-order valence-electron chi connectivity index (χ4n) is 3.00. The fourth-order valence-corrected chi connectivity index (χ4v) is 3.00. The molecule has 106 valence electrons. The molecule has 0 aliphatic rings. The molecule has 0 bridgehead atoms. The summed E-state index contributed by atoms with van der Waals surface area (Å²) in [6.45, 7) is 2.81. The SMILES string of the molecule is Cc1cccc(C(CN)Cc2cccc3ccccc23)c1. The molecule has 3 rings (SSSR count). The smallest absolute Gasteiger partial charge is 0.000189 e. The Morgan fingerprint density at radius 2 is 1.67 bits per heavy atom. The zero-order valence-corrected chi connectivity index (χ0v) is 12.4. The van der Waals surface area contributed by atoms with Crippen LogP contribution in [-0.4, -0.2) is 6.54 Å². The average molecular weight is 275 g/mol. The van der Waals surface area contributed by atoms with Crippen molar-refractivity contribution in [3.63, 3.8) is 0 Å². The third kappa shape index (κ3) is 2.98. The molecule has 0 heterocycles. The van der Waals surface area contributed by atoms with E-state index in [9.17, 15) is 0 Å². The maximum Gasteiger partial charge on any atom is 0.000189 e. The standard InChI is InChI=1S/C20H21N/c1-15-6-4-9-17(12-15)19(14-21)13-18-10-5-8-16-7-2-3-11-20(16)18/h2-12,19H,13-14,21H2,1H3. The van der Waals surface area contributed by atoms with Crippen LogP contribution in [0.4, 0.5) is 0 Å². The van der Waals surface area contributed by atoms with Crippen LogP contribution < -0.4 is 5.73 Å². The van der Waals surface area contributed by atoms with Crippen molar-refractivity contribution in [2.45, 2.75) is 19.3 Å². The van der Waals surface area contributed by atoms with Crippen molar-refractivity contribution < 1.29 is 0 Å². The van der Waals surface area contributed by atoms with Crippen molar-refractivity contribution in [2.24, 2.45) is 5.73 Å². The molecular weight excluding hydrogens is 254 g/mol. The Kier molecular flexibility index (Phi) is 4.03. The molecule has 0 spiro atoms. The molecule has 0 saturated carbocycles. The van der Waals surface area contributed by atoms with Crippen molar-refractivity contribution in [1.29, 1.82) is 0 Å². The summed E-state index contributed by atoms with van der Waals surface area (Å²) in [7, 11) is 0. The first-order valence-electron chi connectivity index (χ1n) is 7.51. The maximum absolute atomic E-state index is 6.05. The van der Waals surface area contributed by atoms with E-state index in [1.54, 1.807) is 0 Å². The Labute approximate surface area is 126 Å².